The number of aryl methyl sites for hydroxylation is 1. The van der Waals surface area contributed by atoms with E-state index in [1.54, 1.807) is 0 Å². The predicted molar refractivity (Wildman–Crippen MR) is 49.4 cm³/mol. The van der Waals surface area contributed by atoms with Gasteiger partial charge in [0, 0.05) is 5.30 Å². The first-order valence-electron chi connectivity index (χ1n) is 2.88. The van der Waals surface area contributed by atoms with Crippen molar-refractivity contribution >= 4 is 34.4 Å². The lowest BCUT2D eigenvalue weighted by molar-refractivity contribution is 1.49. The van der Waals surface area contributed by atoms with Gasteiger partial charge in [0.1, 0.15) is 6.63 Å². The Bertz CT molecular complexity index is 205. The normalized spacial score (nSPS) is 10.4. The molecule has 0 heterocycles. The highest BCUT2D eigenvalue weighted by atomic mass is 35.9. The molecule has 1 rings (SSSR count). The van der Waals surface area contributed by atoms with Crippen LogP contribution in [0, 0.1) is 6.92 Å². The summed E-state index contributed by atoms with van der Waals surface area (Å²) in [7, 11) is 0. The van der Waals surface area contributed by atoms with Gasteiger partial charge in [-0.25, -0.2) is 0 Å². The van der Waals surface area contributed by atoms with E-state index in [1.807, 2.05) is 31.2 Å². The molecule has 54 valence electrons. The Hall–Kier alpha value is 0.230. The molecule has 0 aliphatic heterocycles. The molecule has 0 aliphatic carbocycles. The number of hydrogen-bond donors (Lipinski definition) is 0. The molecular weight excluding hydrogens is 186 g/mol. The van der Waals surface area contributed by atoms with E-state index in [0.717, 1.165) is 5.30 Å². The minimum Gasteiger partial charge on any atom is -0.0727 e. The van der Waals surface area contributed by atoms with Crippen molar-refractivity contribution in [1.29, 1.82) is 0 Å². The Morgan fingerprint density at radius 3 is 2.00 bits per heavy atom. The van der Waals surface area contributed by atoms with Crippen LogP contribution in [0.1, 0.15) is 5.56 Å². The van der Waals surface area contributed by atoms with Gasteiger partial charge in [0.05, 0.1) is 0 Å². The van der Waals surface area contributed by atoms with Crippen molar-refractivity contribution in [2.24, 2.45) is 0 Å². The summed E-state index contributed by atoms with van der Waals surface area (Å²) in [6.07, 6.45) is 0. The van der Waals surface area contributed by atoms with Gasteiger partial charge in [-0.3, -0.25) is 0 Å². The fourth-order valence-electron chi connectivity index (χ4n) is 0.657. The Kier molecular flexibility index (Phi) is 2.97. The molecule has 0 amide bonds. The minimum absolute atomic E-state index is 0.964. The Balaban J connectivity index is 2.89. The van der Waals surface area contributed by atoms with E-state index in [2.05, 4.69) is 0 Å². The van der Waals surface area contributed by atoms with Crippen LogP contribution in [0.4, 0.5) is 0 Å². The van der Waals surface area contributed by atoms with Crippen molar-refractivity contribution in [3.8, 4) is 0 Å². The summed E-state index contributed by atoms with van der Waals surface area (Å²) >= 11 is 11.4. The molecule has 0 atom stereocenters. The summed E-state index contributed by atoms with van der Waals surface area (Å²) in [5, 5.41) is 1.02. The SMILES string of the molecule is Cc1ccc(P(Cl)Cl)cc1. The highest BCUT2D eigenvalue weighted by Crippen LogP contribution is 2.45. The van der Waals surface area contributed by atoms with Gasteiger partial charge in [0.2, 0.25) is 0 Å². The van der Waals surface area contributed by atoms with Gasteiger partial charge >= 0.3 is 0 Å². The topological polar surface area (TPSA) is 0 Å². The fourth-order valence-corrected chi connectivity index (χ4v) is 1.71. The second kappa shape index (κ2) is 3.57. The van der Waals surface area contributed by atoms with Gasteiger partial charge < -0.3 is 0 Å². The summed E-state index contributed by atoms with van der Waals surface area (Å²) in [5.74, 6) is 0. The zero-order valence-electron chi connectivity index (χ0n) is 5.51. The average molecular weight is 193 g/mol. The van der Waals surface area contributed by atoms with Crippen molar-refractivity contribution in [2.75, 3.05) is 0 Å². The summed E-state index contributed by atoms with van der Waals surface area (Å²) in [5.41, 5.74) is 1.23. The highest BCUT2D eigenvalue weighted by molar-refractivity contribution is 8.08. The van der Waals surface area contributed by atoms with E-state index in [9.17, 15) is 0 Å². The fraction of sp³-hybridized carbons (Fsp3) is 0.143. The number of hydrogen-bond acceptors (Lipinski definition) is 0. The van der Waals surface area contributed by atoms with Gasteiger partial charge in [-0.1, -0.05) is 52.3 Å². The van der Waals surface area contributed by atoms with Gasteiger partial charge in [-0.2, -0.15) is 0 Å². The summed E-state index contributed by atoms with van der Waals surface area (Å²) < 4.78 is 0. The van der Waals surface area contributed by atoms with Crippen LogP contribution in [-0.2, 0) is 0 Å². The molecule has 3 heteroatoms. The summed E-state index contributed by atoms with van der Waals surface area (Å²) in [6, 6.07) is 7.94. The first-order valence-corrected chi connectivity index (χ1v) is 6.03. The number of halogens is 2. The molecule has 10 heavy (non-hydrogen) atoms. The van der Waals surface area contributed by atoms with Crippen LogP contribution in [-0.4, -0.2) is 0 Å². The molecular formula is C7H7Cl2P. The zero-order valence-corrected chi connectivity index (χ0v) is 7.92. The quantitative estimate of drug-likeness (QED) is 0.599. The van der Waals surface area contributed by atoms with Crippen LogP contribution in [0.5, 0.6) is 0 Å². The third kappa shape index (κ3) is 2.12. The van der Waals surface area contributed by atoms with Crippen LogP contribution in [0.15, 0.2) is 24.3 Å². The van der Waals surface area contributed by atoms with Crippen molar-refractivity contribution in [3.63, 3.8) is 0 Å². The Labute approximate surface area is 71.5 Å². The third-order valence-electron chi connectivity index (χ3n) is 1.23. The van der Waals surface area contributed by atoms with Crippen molar-refractivity contribution in [1.82, 2.24) is 0 Å². The lowest BCUT2D eigenvalue weighted by atomic mass is 10.2. The van der Waals surface area contributed by atoms with Gasteiger partial charge in [-0.05, 0) is 6.92 Å². The average Bonchev–Trinajstić information content (AvgIpc) is 1.88. The van der Waals surface area contributed by atoms with E-state index >= 15 is 0 Å². The zero-order chi connectivity index (χ0) is 7.56. The van der Waals surface area contributed by atoms with E-state index in [0.29, 0.717) is 0 Å². The second-order valence-electron chi connectivity index (χ2n) is 2.07. The molecule has 0 saturated carbocycles. The summed E-state index contributed by atoms with van der Waals surface area (Å²) in [6.45, 7) is 1.07. The molecule has 1 aromatic carbocycles. The smallest absolute Gasteiger partial charge is 0.0727 e. The van der Waals surface area contributed by atoms with E-state index in [4.69, 9.17) is 22.5 Å². The molecule has 0 spiro atoms. The molecule has 0 unspecified atom stereocenters. The molecule has 0 aromatic heterocycles. The van der Waals surface area contributed by atoms with Crippen LogP contribution >= 0.6 is 29.1 Å². The molecule has 0 nitrogen and oxygen atoms in total. The van der Waals surface area contributed by atoms with Crippen molar-refractivity contribution < 1.29 is 0 Å². The van der Waals surface area contributed by atoms with Crippen LogP contribution < -0.4 is 5.30 Å². The van der Waals surface area contributed by atoms with Crippen molar-refractivity contribution in [3.05, 3.63) is 29.8 Å². The van der Waals surface area contributed by atoms with Crippen LogP contribution in [0.3, 0.4) is 0 Å². The maximum absolute atomic E-state index is 5.69. The molecule has 0 bridgehead atoms. The van der Waals surface area contributed by atoms with Crippen LogP contribution in [0.25, 0.3) is 0 Å². The largest absolute Gasteiger partial charge is 0.116 e. The molecule has 0 N–H and O–H groups in total. The lowest BCUT2D eigenvalue weighted by Gasteiger charge is -1.99. The van der Waals surface area contributed by atoms with Gasteiger partial charge in [0.15, 0.2) is 0 Å². The maximum atomic E-state index is 5.69. The predicted octanol–water partition coefficient (Wildman–Crippen LogP) is 3.41. The highest BCUT2D eigenvalue weighted by Gasteiger charge is 2.00. The van der Waals surface area contributed by atoms with Crippen LogP contribution in [0.2, 0.25) is 0 Å². The number of rotatable bonds is 1. The van der Waals surface area contributed by atoms with Gasteiger partial charge in [-0.15, -0.1) is 0 Å². The maximum Gasteiger partial charge on any atom is 0.116 e. The lowest BCUT2D eigenvalue weighted by Crippen LogP contribution is -1.91. The first-order chi connectivity index (χ1) is 4.70. The van der Waals surface area contributed by atoms with Gasteiger partial charge in [0.25, 0.3) is 0 Å². The van der Waals surface area contributed by atoms with Crippen molar-refractivity contribution in [2.45, 2.75) is 6.92 Å². The monoisotopic (exact) mass is 192 g/mol. The second-order valence-corrected chi connectivity index (χ2v) is 5.60. The number of benzene rings is 1. The standard InChI is InChI=1S/C7H7Cl2P/c1-6-2-4-7(5-3-6)10(8)9/h2-5H,1H3. The molecule has 0 aliphatic rings. The molecule has 1 aromatic rings. The van der Waals surface area contributed by atoms with E-state index in [-0.39, 0.29) is 0 Å². The summed E-state index contributed by atoms with van der Waals surface area (Å²) in [4.78, 5) is 0. The molecule has 0 radical (unpaired) electrons. The molecule has 0 saturated heterocycles. The third-order valence-corrected chi connectivity index (χ3v) is 3.09. The Morgan fingerprint density at radius 1 is 1.10 bits per heavy atom. The van der Waals surface area contributed by atoms with E-state index in [1.165, 1.54) is 5.56 Å². The molecule has 0 fully saturated rings. The van der Waals surface area contributed by atoms with E-state index < -0.39 is 6.63 Å². The Morgan fingerprint density at radius 2 is 1.60 bits per heavy atom. The first kappa shape index (κ1) is 8.33. The minimum atomic E-state index is -0.964.